The highest BCUT2D eigenvalue weighted by molar-refractivity contribution is 5.39. The topological polar surface area (TPSA) is 84.3 Å². The van der Waals surface area contributed by atoms with Gasteiger partial charge in [0.15, 0.2) is 0 Å². The third-order valence-corrected chi connectivity index (χ3v) is 0.903. The van der Waals surface area contributed by atoms with Crippen LogP contribution in [-0.2, 0) is 0 Å². The van der Waals surface area contributed by atoms with Gasteiger partial charge in [0, 0.05) is 0 Å². The van der Waals surface area contributed by atoms with Crippen LogP contribution in [0, 0.1) is 0 Å². The van der Waals surface area contributed by atoms with Gasteiger partial charge in [-0.25, -0.2) is 0 Å². The van der Waals surface area contributed by atoms with E-state index in [9.17, 15) is 0 Å². The van der Waals surface area contributed by atoms with Crippen LogP contribution in [-0.4, -0.2) is 5.21 Å². The summed E-state index contributed by atoms with van der Waals surface area (Å²) in [5, 5.41) is 8.29. The van der Waals surface area contributed by atoms with Crippen LogP contribution in [0.3, 0.4) is 0 Å². The van der Waals surface area contributed by atoms with E-state index < -0.39 is 0 Å². The lowest BCUT2D eigenvalue weighted by molar-refractivity contribution is 0.389. The SMILES string of the molecule is NN.ONc1ccccc1. The lowest BCUT2D eigenvalue weighted by Crippen LogP contribution is -2.02. The number of hydrogen-bond donors (Lipinski definition) is 4. The smallest absolute Gasteiger partial charge is 0.0602 e. The molecule has 0 bridgehead atoms. The largest absolute Gasteiger partial charge is 0.291 e. The fourth-order valence-corrected chi connectivity index (χ4v) is 0.513. The fourth-order valence-electron chi connectivity index (χ4n) is 0.513. The summed E-state index contributed by atoms with van der Waals surface area (Å²) in [5.41, 5.74) is 2.74. The minimum atomic E-state index is 0.715. The minimum absolute atomic E-state index is 0.715. The van der Waals surface area contributed by atoms with Gasteiger partial charge in [0.25, 0.3) is 0 Å². The van der Waals surface area contributed by atoms with E-state index in [0.29, 0.717) is 5.69 Å². The van der Waals surface area contributed by atoms with Crippen molar-refractivity contribution >= 4 is 5.69 Å². The number of hydrogen-bond acceptors (Lipinski definition) is 4. The van der Waals surface area contributed by atoms with Crippen LogP contribution in [0.4, 0.5) is 5.69 Å². The Kier molecular flexibility index (Phi) is 5.36. The summed E-state index contributed by atoms with van der Waals surface area (Å²) in [6.45, 7) is 0. The van der Waals surface area contributed by atoms with Gasteiger partial charge in [0.1, 0.15) is 0 Å². The second kappa shape index (κ2) is 6.03. The zero-order chi connectivity index (χ0) is 7.82. The predicted octanol–water partition coefficient (Wildman–Crippen LogP) is 0.306. The predicted molar refractivity (Wildman–Crippen MR) is 40.2 cm³/mol. The monoisotopic (exact) mass is 141 g/mol. The lowest BCUT2D eigenvalue weighted by atomic mass is 10.3. The molecule has 0 radical (unpaired) electrons. The molecule has 0 spiro atoms. The highest BCUT2D eigenvalue weighted by Crippen LogP contribution is 2.01. The number of nitrogens with two attached hydrogens (primary N) is 2. The van der Waals surface area contributed by atoms with Crippen molar-refractivity contribution in [2.45, 2.75) is 0 Å². The summed E-state index contributed by atoms with van der Waals surface area (Å²) in [4.78, 5) is 0. The van der Waals surface area contributed by atoms with E-state index in [1.54, 1.807) is 12.1 Å². The van der Waals surface area contributed by atoms with Crippen molar-refractivity contribution in [3.05, 3.63) is 30.3 Å². The number of benzene rings is 1. The first-order valence-corrected chi connectivity index (χ1v) is 2.72. The minimum Gasteiger partial charge on any atom is -0.291 e. The second-order valence-electron chi connectivity index (χ2n) is 1.48. The maximum Gasteiger partial charge on any atom is 0.0602 e. The lowest BCUT2D eigenvalue weighted by Gasteiger charge is -1.92. The molecule has 1 aromatic rings. The Balaban J connectivity index is 0.000000371. The van der Waals surface area contributed by atoms with E-state index in [4.69, 9.17) is 5.21 Å². The molecular formula is C6H11N3O. The van der Waals surface area contributed by atoms with E-state index in [1.807, 2.05) is 23.7 Å². The molecule has 0 aliphatic heterocycles. The van der Waals surface area contributed by atoms with E-state index in [1.165, 1.54) is 0 Å². The maximum atomic E-state index is 8.29. The Hall–Kier alpha value is -1.10. The normalized spacial score (nSPS) is 7.50. The molecule has 0 aliphatic carbocycles. The van der Waals surface area contributed by atoms with E-state index >= 15 is 0 Å². The Labute approximate surface area is 59.4 Å². The van der Waals surface area contributed by atoms with Crippen LogP contribution >= 0.6 is 0 Å². The van der Waals surface area contributed by atoms with Crippen LogP contribution in [0.1, 0.15) is 0 Å². The highest BCUT2D eigenvalue weighted by Gasteiger charge is 1.79. The number of rotatable bonds is 1. The molecule has 56 valence electrons. The quantitative estimate of drug-likeness (QED) is 0.335. The molecule has 0 unspecified atom stereocenters. The molecule has 0 aliphatic rings. The summed E-state index contributed by atoms with van der Waals surface area (Å²) in [6, 6.07) is 9.14. The van der Waals surface area contributed by atoms with Gasteiger partial charge in [-0.15, -0.1) is 0 Å². The summed E-state index contributed by atoms with van der Waals surface area (Å²) < 4.78 is 0. The van der Waals surface area contributed by atoms with Gasteiger partial charge in [-0.3, -0.25) is 22.4 Å². The summed E-state index contributed by atoms with van der Waals surface area (Å²) >= 11 is 0. The first kappa shape index (κ1) is 8.90. The van der Waals surface area contributed by atoms with Gasteiger partial charge in [-0.2, -0.15) is 0 Å². The van der Waals surface area contributed by atoms with Crippen molar-refractivity contribution in [3.8, 4) is 0 Å². The first-order valence-electron chi connectivity index (χ1n) is 2.72. The zero-order valence-corrected chi connectivity index (χ0v) is 5.49. The summed E-state index contributed by atoms with van der Waals surface area (Å²) in [5.74, 6) is 8.00. The molecule has 0 saturated heterocycles. The molecule has 4 nitrogen and oxygen atoms in total. The van der Waals surface area contributed by atoms with E-state index in [2.05, 4.69) is 11.7 Å². The molecule has 0 amide bonds. The van der Waals surface area contributed by atoms with Gasteiger partial charge in [0.05, 0.1) is 5.69 Å². The van der Waals surface area contributed by atoms with Crippen LogP contribution in [0.25, 0.3) is 0 Å². The van der Waals surface area contributed by atoms with Crippen molar-refractivity contribution in [2.24, 2.45) is 11.7 Å². The molecule has 10 heavy (non-hydrogen) atoms. The average molecular weight is 141 g/mol. The molecule has 0 fully saturated rings. The van der Waals surface area contributed by atoms with Crippen molar-refractivity contribution in [1.82, 2.24) is 0 Å². The Morgan fingerprint density at radius 1 is 1.10 bits per heavy atom. The Morgan fingerprint density at radius 3 is 1.90 bits per heavy atom. The Morgan fingerprint density at radius 2 is 1.60 bits per heavy atom. The third kappa shape index (κ3) is 3.03. The molecule has 4 heteroatoms. The zero-order valence-electron chi connectivity index (χ0n) is 5.49. The Bertz CT molecular complexity index is 154. The molecule has 0 saturated carbocycles. The highest BCUT2D eigenvalue weighted by atomic mass is 16.5. The van der Waals surface area contributed by atoms with Crippen molar-refractivity contribution in [3.63, 3.8) is 0 Å². The average Bonchev–Trinajstić information content (AvgIpc) is 2.10. The van der Waals surface area contributed by atoms with Gasteiger partial charge in [0.2, 0.25) is 0 Å². The standard InChI is InChI=1S/C6H7NO.H4N2/c8-7-6-4-2-1-3-5-6;1-2/h1-5,7-8H;1-2H2. The fraction of sp³-hybridized carbons (Fsp3) is 0. The molecule has 6 N–H and O–H groups in total. The second-order valence-corrected chi connectivity index (χ2v) is 1.48. The van der Waals surface area contributed by atoms with Gasteiger partial charge in [-0.1, -0.05) is 18.2 Å². The third-order valence-electron chi connectivity index (χ3n) is 0.903. The maximum absolute atomic E-state index is 8.29. The number of anilines is 1. The molecule has 0 atom stereocenters. The van der Waals surface area contributed by atoms with Crippen LogP contribution < -0.4 is 17.2 Å². The number of hydrazine groups is 1. The van der Waals surface area contributed by atoms with Crippen LogP contribution in [0.15, 0.2) is 30.3 Å². The first-order chi connectivity index (χ1) is 4.93. The molecule has 1 rings (SSSR count). The van der Waals surface area contributed by atoms with Gasteiger partial charge >= 0.3 is 0 Å². The molecule has 0 heterocycles. The molecule has 1 aromatic carbocycles. The van der Waals surface area contributed by atoms with Crippen molar-refractivity contribution in [1.29, 1.82) is 0 Å². The van der Waals surface area contributed by atoms with E-state index in [-0.39, 0.29) is 0 Å². The summed E-state index contributed by atoms with van der Waals surface area (Å²) in [6.07, 6.45) is 0. The molecular weight excluding hydrogens is 130 g/mol. The molecule has 0 aromatic heterocycles. The number of nitrogens with one attached hydrogen (secondary N) is 1. The summed E-state index contributed by atoms with van der Waals surface area (Å²) in [7, 11) is 0. The van der Waals surface area contributed by atoms with Gasteiger partial charge in [-0.05, 0) is 12.1 Å². The van der Waals surface area contributed by atoms with Gasteiger partial charge < -0.3 is 0 Å². The number of para-hydroxylation sites is 1. The van der Waals surface area contributed by atoms with Crippen molar-refractivity contribution < 1.29 is 5.21 Å². The van der Waals surface area contributed by atoms with Crippen LogP contribution in [0.5, 0.6) is 0 Å². The van der Waals surface area contributed by atoms with E-state index in [0.717, 1.165) is 0 Å². The van der Waals surface area contributed by atoms with Crippen molar-refractivity contribution in [2.75, 3.05) is 5.48 Å². The van der Waals surface area contributed by atoms with Crippen LogP contribution in [0.2, 0.25) is 0 Å².